The van der Waals surface area contributed by atoms with E-state index in [1.54, 1.807) is 4.57 Å². The summed E-state index contributed by atoms with van der Waals surface area (Å²) in [5.41, 5.74) is 2.04. The Morgan fingerprint density at radius 2 is 1.61 bits per heavy atom. The molecule has 1 heterocycles. The largest absolute Gasteiger partial charge is 0.365 e. The molecular weight excluding hydrogens is 288 g/mol. The first-order chi connectivity index (χ1) is 11.3. The highest BCUT2D eigenvalue weighted by Gasteiger charge is 2.13. The van der Waals surface area contributed by atoms with Gasteiger partial charge in [-0.25, -0.2) is 4.79 Å². The third-order valence-corrected chi connectivity index (χ3v) is 3.58. The first kappa shape index (κ1) is 14.7. The highest BCUT2D eigenvalue weighted by molar-refractivity contribution is 5.49. The Morgan fingerprint density at radius 1 is 1.00 bits per heavy atom. The Balaban J connectivity index is 1.89. The van der Waals surface area contributed by atoms with Crippen molar-refractivity contribution in [1.82, 2.24) is 9.55 Å². The molecular formula is C18H16N4O. The molecule has 0 aliphatic rings. The molecule has 0 unspecified atom stereocenters. The lowest BCUT2D eigenvalue weighted by atomic mass is 10.2. The molecule has 0 atom stereocenters. The molecule has 23 heavy (non-hydrogen) atoms. The van der Waals surface area contributed by atoms with Crippen LogP contribution in [0.5, 0.6) is 0 Å². The number of nitrogens with one attached hydrogen (secondary N) is 2. The van der Waals surface area contributed by atoms with Crippen LogP contribution in [0.4, 0.5) is 5.82 Å². The molecule has 0 aliphatic heterocycles. The molecule has 0 amide bonds. The second kappa shape index (κ2) is 6.67. The van der Waals surface area contributed by atoms with Gasteiger partial charge in [0, 0.05) is 6.54 Å². The maximum Gasteiger partial charge on any atom is 0.328 e. The van der Waals surface area contributed by atoms with E-state index >= 15 is 0 Å². The quantitative estimate of drug-likeness (QED) is 0.761. The van der Waals surface area contributed by atoms with Crippen molar-refractivity contribution in [3.8, 4) is 6.07 Å². The van der Waals surface area contributed by atoms with Crippen LogP contribution >= 0.6 is 0 Å². The van der Waals surface area contributed by atoms with Gasteiger partial charge >= 0.3 is 5.69 Å². The first-order valence-corrected chi connectivity index (χ1v) is 7.32. The van der Waals surface area contributed by atoms with Gasteiger partial charge in [0.05, 0.1) is 6.54 Å². The number of aromatic nitrogens is 2. The smallest absolute Gasteiger partial charge is 0.328 e. The number of benzene rings is 2. The lowest BCUT2D eigenvalue weighted by molar-refractivity contribution is 0.763. The number of aromatic amines is 1. The predicted molar refractivity (Wildman–Crippen MR) is 89.1 cm³/mol. The minimum atomic E-state index is -0.291. The number of rotatable bonds is 5. The summed E-state index contributed by atoms with van der Waals surface area (Å²) in [5.74, 6) is 0.519. The summed E-state index contributed by atoms with van der Waals surface area (Å²) in [5, 5.41) is 12.4. The predicted octanol–water partition coefficient (Wildman–Crippen LogP) is 2.71. The van der Waals surface area contributed by atoms with Crippen LogP contribution in [0, 0.1) is 11.3 Å². The van der Waals surface area contributed by atoms with Crippen molar-refractivity contribution in [1.29, 1.82) is 5.26 Å². The minimum Gasteiger partial charge on any atom is -0.365 e. The van der Waals surface area contributed by atoms with Crippen molar-refractivity contribution in [2.24, 2.45) is 0 Å². The highest BCUT2D eigenvalue weighted by Crippen LogP contribution is 2.14. The van der Waals surface area contributed by atoms with Gasteiger partial charge in [-0.3, -0.25) is 9.55 Å². The second-order valence-electron chi connectivity index (χ2n) is 5.18. The highest BCUT2D eigenvalue weighted by atomic mass is 16.1. The van der Waals surface area contributed by atoms with Crippen LogP contribution < -0.4 is 11.0 Å². The molecule has 0 saturated carbocycles. The average molecular weight is 304 g/mol. The fourth-order valence-corrected chi connectivity index (χ4v) is 2.43. The van der Waals surface area contributed by atoms with Gasteiger partial charge in [0.1, 0.15) is 11.9 Å². The number of anilines is 1. The summed E-state index contributed by atoms with van der Waals surface area (Å²) >= 11 is 0. The van der Waals surface area contributed by atoms with E-state index in [1.807, 2.05) is 66.7 Å². The molecule has 0 bridgehead atoms. The fourth-order valence-electron chi connectivity index (χ4n) is 2.43. The summed E-state index contributed by atoms with van der Waals surface area (Å²) in [6, 6.07) is 21.6. The van der Waals surface area contributed by atoms with Crippen molar-refractivity contribution in [3.05, 3.63) is 88.0 Å². The Bertz CT molecular complexity index is 873. The van der Waals surface area contributed by atoms with Crippen molar-refractivity contribution in [2.75, 3.05) is 5.32 Å². The van der Waals surface area contributed by atoms with Crippen LogP contribution in [0.25, 0.3) is 0 Å². The standard InChI is InChI=1S/C18H16N4O/c19-11-16-17(20-12-14-7-3-1-4-8-14)22(18(23)21-16)13-15-9-5-2-6-10-15/h1-10,20H,12-13H2,(H,21,23). The van der Waals surface area contributed by atoms with Crippen LogP contribution in [-0.4, -0.2) is 9.55 Å². The minimum absolute atomic E-state index is 0.252. The Hall–Kier alpha value is -3.26. The molecule has 114 valence electrons. The number of imidazole rings is 1. The van der Waals surface area contributed by atoms with E-state index in [9.17, 15) is 10.1 Å². The Labute approximate surface area is 133 Å². The molecule has 2 N–H and O–H groups in total. The summed E-state index contributed by atoms with van der Waals surface area (Å²) in [6.45, 7) is 0.955. The molecule has 5 nitrogen and oxygen atoms in total. The van der Waals surface area contributed by atoms with Crippen LogP contribution in [0.15, 0.2) is 65.5 Å². The van der Waals surface area contributed by atoms with Crippen LogP contribution in [0.2, 0.25) is 0 Å². The van der Waals surface area contributed by atoms with Crippen LogP contribution in [-0.2, 0) is 13.1 Å². The molecule has 0 radical (unpaired) electrons. The van der Waals surface area contributed by atoms with Crippen LogP contribution in [0.1, 0.15) is 16.8 Å². The Morgan fingerprint density at radius 3 is 2.22 bits per heavy atom. The molecule has 0 saturated heterocycles. The topological polar surface area (TPSA) is 73.6 Å². The van der Waals surface area contributed by atoms with Crippen molar-refractivity contribution in [2.45, 2.75) is 13.1 Å². The molecule has 2 aromatic carbocycles. The number of hydrogen-bond donors (Lipinski definition) is 2. The molecule has 3 aromatic rings. The third kappa shape index (κ3) is 3.33. The van der Waals surface area contributed by atoms with Crippen molar-refractivity contribution in [3.63, 3.8) is 0 Å². The van der Waals surface area contributed by atoms with Crippen molar-refractivity contribution < 1.29 is 0 Å². The van der Waals surface area contributed by atoms with Gasteiger partial charge in [0.15, 0.2) is 5.69 Å². The van der Waals surface area contributed by atoms with E-state index in [4.69, 9.17) is 0 Å². The van der Waals surface area contributed by atoms with Gasteiger partial charge in [0.2, 0.25) is 0 Å². The fraction of sp³-hybridized carbons (Fsp3) is 0.111. The summed E-state index contributed by atoms with van der Waals surface area (Å²) in [6.07, 6.45) is 0. The van der Waals surface area contributed by atoms with E-state index in [1.165, 1.54) is 0 Å². The molecule has 0 aliphatic carbocycles. The van der Waals surface area contributed by atoms with Crippen molar-refractivity contribution >= 4 is 5.82 Å². The zero-order valence-corrected chi connectivity index (χ0v) is 12.5. The average Bonchev–Trinajstić information content (AvgIpc) is 2.90. The van der Waals surface area contributed by atoms with Gasteiger partial charge < -0.3 is 5.32 Å². The third-order valence-electron chi connectivity index (χ3n) is 3.58. The first-order valence-electron chi connectivity index (χ1n) is 7.32. The SMILES string of the molecule is N#Cc1[nH]c(=O)n(Cc2ccccc2)c1NCc1ccccc1. The summed E-state index contributed by atoms with van der Waals surface area (Å²) in [7, 11) is 0. The molecule has 3 rings (SSSR count). The van der Waals surface area contributed by atoms with Gasteiger partial charge in [0.25, 0.3) is 0 Å². The number of nitriles is 1. The number of nitrogens with zero attached hydrogens (tertiary/aromatic N) is 2. The van der Waals surface area contributed by atoms with E-state index in [-0.39, 0.29) is 11.4 Å². The van der Waals surface area contributed by atoms with Gasteiger partial charge in [-0.2, -0.15) is 5.26 Å². The summed E-state index contributed by atoms with van der Waals surface area (Å²) < 4.78 is 1.55. The zero-order valence-electron chi connectivity index (χ0n) is 12.5. The number of H-pyrrole nitrogens is 1. The maximum atomic E-state index is 12.2. The van der Waals surface area contributed by atoms with E-state index in [0.29, 0.717) is 18.9 Å². The summed E-state index contributed by atoms with van der Waals surface area (Å²) in [4.78, 5) is 14.8. The zero-order chi connectivity index (χ0) is 16.1. The Kier molecular flexibility index (Phi) is 4.25. The molecule has 0 fully saturated rings. The lowest BCUT2D eigenvalue weighted by Crippen LogP contribution is -2.19. The molecule has 1 aromatic heterocycles. The van der Waals surface area contributed by atoms with E-state index in [2.05, 4.69) is 10.3 Å². The monoisotopic (exact) mass is 304 g/mol. The van der Waals surface area contributed by atoms with Gasteiger partial charge in [-0.05, 0) is 11.1 Å². The van der Waals surface area contributed by atoms with E-state index < -0.39 is 0 Å². The van der Waals surface area contributed by atoms with Gasteiger partial charge in [-0.15, -0.1) is 0 Å². The van der Waals surface area contributed by atoms with Crippen LogP contribution in [0.3, 0.4) is 0 Å². The number of hydrogen-bond acceptors (Lipinski definition) is 3. The lowest BCUT2D eigenvalue weighted by Gasteiger charge is -2.10. The normalized spacial score (nSPS) is 10.2. The molecule has 5 heteroatoms. The molecule has 0 spiro atoms. The van der Waals surface area contributed by atoms with E-state index in [0.717, 1.165) is 11.1 Å². The maximum absolute atomic E-state index is 12.2. The second-order valence-corrected chi connectivity index (χ2v) is 5.18. The van der Waals surface area contributed by atoms with Gasteiger partial charge in [-0.1, -0.05) is 60.7 Å².